The monoisotopic (exact) mass is 277 g/mol. The van der Waals surface area contributed by atoms with Crippen molar-refractivity contribution < 1.29 is 13.2 Å². The van der Waals surface area contributed by atoms with Crippen LogP contribution in [0.15, 0.2) is 18.2 Å². The summed E-state index contributed by atoms with van der Waals surface area (Å²) < 4.78 is 37.6. The lowest BCUT2D eigenvalue weighted by Crippen LogP contribution is -2.28. The average molecular weight is 278 g/mol. The number of piperidine rings is 1. The Labute approximate surface area is 109 Å². The molecule has 1 nitrogen and oxygen atoms in total. The summed E-state index contributed by atoms with van der Waals surface area (Å²) in [5, 5.41) is 3.07. The van der Waals surface area contributed by atoms with Gasteiger partial charge < -0.3 is 5.32 Å². The van der Waals surface area contributed by atoms with Gasteiger partial charge >= 0.3 is 6.18 Å². The lowest BCUT2D eigenvalue weighted by Gasteiger charge is -2.22. The van der Waals surface area contributed by atoms with Crippen LogP contribution in [0.3, 0.4) is 0 Å². The van der Waals surface area contributed by atoms with Crippen molar-refractivity contribution in [2.45, 2.75) is 25.4 Å². The maximum Gasteiger partial charge on any atom is 0.417 e. The number of hydrogen-bond acceptors (Lipinski definition) is 1. The van der Waals surface area contributed by atoms with Crippen LogP contribution in [0.25, 0.3) is 0 Å². The smallest absolute Gasteiger partial charge is 0.317 e. The first-order valence-corrected chi connectivity index (χ1v) is 6.41. The number of hydrogen-bond donors (Lipinski definition) is 1. The number of alkyl halides is 3. The minimum Gasteiger partial charge on any atom is -0.317 e. The summed E-state index contributed by atoms with van der Waals surface area (Å²) in [4.78, 5) is 0. The van der Waals surface area contributed by atoms with Gasteiger partial charge in [0.2, 0.25) is 0 Å². The van der Waals surface area contributed by atoms with Gasteiger partial charge in [0, 0.05) is 0 Å². The van der Waals surface area contributed by atoms with Crippen LogP contribution in [0.5, 0.6) is 0 Å². The maximum atomic E-state index is 12.5. The van der Waals surface area contributed by atoms with Crippen LogP contribution in [-0.2, 0) is 12.6 Å². The topological polar surface area (TPSA) is 12.0 Å². The molecular weight excluding hydrogens is 263 g/mol. The zero-order chi connectivity index (χ0) is 13.2. The van der Waals surface area contributed by atoms with Gasteiger partial charge in [-0.25, -0.2) is 0 Å². The summed E-state index contributed by atoms with van der Waals surface area (Å²) >= 11 is 5.70. The summed E-state index contributed by atoms with van der Waals surface area (Å²) in [6, 6.07) is 4.07. The third kappa shape index (κ3) is 3.39. The summed E-state index contributed by atoms with van der Waals surface area (Å²) in [6.45, 7) is 1.97. The molecule has 1 aromatic carbocycles. The fourth-order valence-corrected chi connectivity index (χ4v) is 2.64. The molecular formula is C13H15ClF3N. The van der Waals surface area contributed by atoms with Gasteiger partial charge in [-0.05, 0) is 56.0 Å². The van der Waals surface area contributed by atoms with E-state index in [0.29, 0.717) is 5.92 Å². The zero-order valence-electron chi connectivity index (χ0n) is 9.86. The van der Waals surface area contributed by atoms with Crippen molar-refractivity contribution >= 4 is 11.6 Å². The van der Waals surface area contributed by atoms with Gasteiger partial charge in [-0.1, -0.05) is 17.7 Å². The summed E-state index contributed by atoms with van der Waals surface area (Å²) in [5.41, 5.74) is 0.137. The van der Waals surface area contributed by atoms with Crippen molar-refractivity contribution in [3.05, 3.63) is 34.3 Å². The highest BCUT2D eigenvalue weighted by molar-refractivity contribution is 6.31. The minimum absolute atomic E-state index is 0.200. The molecule has 1 aliphatic rings. The third-order valence-corrected chi connectivity index (χ3v) is 3.63. The molecule has 1 N–H and O–H groups in total. The molecule has 1 saturated heterocycles. The highest BCUT2D eigenvalue weighted by Crippen LogP contribution is 2.35. The summed E-state index contributed by atoms with van der Waals surface area (Å²) in [6.07, 6.45) is -1.43. The molecule has 0 bridgehead atoms. The van der Waals surface area contributed by atoms with Crippen molar-refractivity contribution in [1.29, 1.82) is 0 Å². The molecule has 1 heterocycles. The van der Waals surface area contributed by atoms with Gasteiger partial charge in [0.15, 0.2) is 0 Å². The van der Waals surface area contributed by atoms with E-state index < -0.39 is 11.7 Å². The van der Waals surface area contributed by atoms with E-state index in [1.54, 1.807) is 0 Å². The van der Waals surface area contributed by atoms with E-state index in [2.05, 4.69) is 5.32 Å². The van der Waals surface area contributed by atoms with E-state index >= 15 is 0 Å². The average Bonchev–Trinajstić information content (AvgIpc) is 2.28. The second kappa shape index (κ2) is 5.49. The number of halogens is 4. The van der Waals surface area contributed by atoms with Crippen LogP contribution >= 0.6 is 11.6 Å². The second-order valence-corrected chi connectivity index (χ2v) is 5.12. The van der Waals surface area contributed by atoms with Crippen molar-refractivity contribution in [3.63, 3.8) is 0 Å². The maximum absolute atomic E-state index is 12.5. The predicted molar refractivity (Wildman–Crippen MR) is 65.8 cm³/mol. The van der Waals surface area contributed by atoms with Crippen LogP contribution in [0.2, 0.25) is 5.02 Å². The lowest BCUT2D eigenvalue weighted by atomic mass is 9.91. The Morgan fingerprint density at radius 2 is 1.89 bits per heavy atom. The molecule has 2 rings (SSSR count). The highest BCUT2D eigenvalue weighted by Gasteiger charge is 2.33. The Morgan fingerprint density at radius 3 is 2.44 bits per heavy atom. The predicted octanol–water partition coefficient (Wildman–Crippen LogP) is 3.90. The SMILES string of the molecule is FC(F)(F)c1ccc(CC2CCNCC2)cc1Cl. The van der Waals surface area contributed by atoms with Gasteiger partial charge in [0.25, 0.3) is 0 Å². The quantitative estimate of drug-likeness (QED) is 0.864. The normalized spacial score (nSPS) is 18.0. The van der Waals surface area contributed by atoms with Crippen LogP contribution in [-0.4, -0.2) is 13.1 Å². The molecule has 0 unspecified atom stereocenters. The van der Waals surface area contributed by atoms with Crippen molar-refractivity contribution in [1.82, 2.24) is 5.32 Å². The van der Waals surface area contributed by atoms with E-state index in [4.69, 9.17) is 11.6 Å². The molecule has 0 aliphatic carbocycles. The van der Waals surface area contributed by atoms with Crippen molar-refractivity contribution in [3.8, 4) is 0 Å². The van der Waals surface area contributed by atoms with Crippen LogP contribution < -0.4 is 5.32 Å². The standard InChI is InChI=1S/C13H15ClF3N/c14-12-8-10(1-2-11(12)13(15,16)17)7-9-3-5-18-6-4-9/h1-2,8-9,18H,3-7H2. The Hall–Kier alpha value is -0.740. The minimum atomic E-state index is -4.37. The third-order valence-electron chi connectivity index (χ3n) is 3.32. The molecule has 0 atom stereocenters. The molecule has 0 radical (unpaired) electrons. The van der Waals surface area contributed by atoms with Crippen molar-refractivity contribution in [2.75, 3.05) is 13.1 Å². The molecule has 5 heteroatoms. The summed E-state index contributed by atoms with van der Waals surface area (Å²) in [7, 11) is 0. The molecule has 18 heavy (non-hydrogen) atoms. The fourth-order valence-electron chi connectivity index (χ4n) is 2.33. The molecule has 0 saturated carbocycles. The van der Waals surface area contributed by atoms with Crippen LogP contribution in [0.1, 0.15) is 24.0 Å². The first kappa shape index (κ1) is 13.7. The van der Waals surface area contributed by atoms with Gasteiger partial charge in [-0.3, -0.25) is 0 Å². The Balaban J connectivity index is 2.08. The second-order valence-electron chi connectivity index (χ2n) is 4.71. The Morgan fingerprint density at radius 1 is 1.22 bits per heavy atom. The first-order valence-electron chi connectivity index (χ1n) is 6.03. The largest absolute Gasteiger partial charge is 0.417 e. The number of benzene rings is 1. The molecule has 100 valence electrons. The van der Waals surface area contributed by atoms with Gasteiger partial charge in [-0.15, -0.1) is 0 Å². The molecule has 1 aliphatic heterocycles. The number of nitrogens with one attached hydrogen (secondary N) is 1. The molecule has 0 spiro atoms. The van der Waals surface area contributed by atoms with E-state index in [0.717, 1.165) is 44.0 Å². The van der Waals surface area contributed by atoms with E-state index in [1.165, 1.54) is 12.1 Å². The zero-order valence-corrected chi connectivity index (χ0v) is 10.6. The van der Waals surface area contributed by atoms with Crippen LogP contribution in [0.4, 0.5) is 13.2 Å². The van der Waals surface area contributed by atoms with Crippen LogP contribution in [0, 0.1) is 5.92 Å². The van der Waals surface area contributed by atoms with Crippen molar-refractivity contribution in [2.24, 2.45) is 5.92 Å². The van der Waals surface area contributed by atoms with E-state index in [9.17, 15) is 13.2 Å². The van der Waals surface area contributed by atoms with Gasteiger partial charge in [0.05, 0.1) is 10.6 Å². The van der Waals surface area contributed by atoms with E-state index in [1.807, 2.05) is 0 Å². The Kier molecular flexibility index (Phi) is 4.17. The van der Waals surface area contributed by atoms with Gasteiger partial charge in [-0.2, -0.15) is 13.2 Å². The molecule has 1 fully saturated rings. The molecule has 1 aromatic rings. The summed E-state index contributed by atoms with van der Waals surface area (Å²) in [5.74, 6) is 0.541. The highest BCUT2D eigenvalue weighted by atomic mass is 35.5. The lowest BCUT2D eigenvalue weighted by molar-refractivity contribution is -0.137. The molecule has 0 aromatic heterocycles. The first-order chi connectivity index (χ1) is 8.47. The van der Waals surface area contributed by atoms with Gasteiger partial charge in [0.1, 0.15) is 0 Å². The Bertz CT molecular complexity index is 411. The van der Waals surface area contributed by atoms with E-state index in [-0.39, 0.29) is 5.02 Å². The number of rotatable bonds is 2. The molecule has 0 amide bonds. The fraction of sp³-hybridized carbons (Fsp3) is 0.538.